The van der Waals surface area contributed by atoms with Crippen LogP contribution in [0.25, 0.3) is 0 Å². The van der Waals surface area contributed by atoms with Gasteiger partial charge in [0.2, 0.25) is 0 Å². The number of phenols is 1. The van der Waals surface area contributed by atoms with Gasteiger partial charge in [-0.05, 0) is 19.1 Å². The van der Waals surface area contributed by atoms with Gasteiger partial charge in [-0.2, -0.15) is 0 Å². The molecule has 1 aromatic rings. The van der Waals surface area contributed by atoms with E-state index in [9.17, 15) is 9.90 Å². The number of nitrogen functional groups attached to an aromatic ring is 1. The van der Waals surface area contributed by atoms with E-state index >= 15 is 0 Å². The highest BCUT2D eigenvalue weighted by atomic mass is 35.5. The van der Waals surface area contributed by atoms with Gasteiger partial charge < -0.3 is 15.6 Å². The molecule has 3 N–H and O–H groups in total. The fraction of sp³-hybridized carbons (Fsp3) is 0.222. The molecule has 0 spiro atoms. The standard InChI is InChI=1S/C9H11NO3.ClH/c1-2-13-9(12)7-4-3-6(10)5-8(7)11;/h3-5,11H,2,10H2,1H3;1H. The molecule has 14 heavy (non-hydrogen) atoms. The molecule has 0 aliphatic rings. The molecule has 78 valence electrons. The number of carbonyl (C=O) groups is 1. The predicted molar refractivity (Wildman–Crippen MR) is 55.7 cm³/mol. The van der Waals surface area contributed by atoms with Crippen molar-refractivity contribution in [2.45, 2.75) is 6.92 Å². The molecule has 0 aliphatic carbocycles. The summed E-state index contributed by atoms with van der Waals surface area (Å²) >= 11 is 0. The summed E-state index contributed by atoms with van der Waals surface area (Å²) in [5, 5.41) is 9.31. The van der Waals surface area contributed by atoms with Gasteiger partial charge in [-0.3, -0.25) is 0 Å². The third-order valence-corrected chi connectivity index (χ3v) is 1.52. The zero-order valence-electron chi connectivity index (χ0n) is 7.69. The SMILES string of the molecule is CCOC(=O)c1ccc(N)cc1O.Cl. The number of phenolic OH excluding ortho intramolecular Hbond substituents is 1. The largest absolute Gasteiger partial charge is 0.507 e. The van der Waals surface area contributed by atoms with Crippen LogP contribution in [0.15, 0.2) is 18.2 Å². The first-order valence-electron chi connectivity index (χ1n) is 3.90. The monoisotopic (exact) mass is 217 g/mol. The smallest absolute Gasteiger partial charge is 0.341 e. The first-order valence-corrected chi connectivity index (χ1v) is 3.90. The number of ether oxygens (including phenoxy) is 1. The van der Waals surface area contributed by atoms with Crippen molar-refractivity contribution in [2.24, 2.45) is 0 Å². The molecule has 0 aliphatic heterocycles. The van der Waals surface area contributed by atoms with E-state index in [0.29, 0.717) is 5.69 Å². The number of anilines is 1. The summed E-state index contributed by atoms with van der Waals surface area (Å²) in [6.45, 7) is 1.98. The lowest BCUT2D eigenvalue weighted by molar-refractivity contribution is 0.0523. The lowest BCUT2D eigenvalue weighted by atomic mass is 10.2. The van der Waals surface area contributed by atoms with Crippen molar-refractivity contribution in [3.05, 3.63) is 23.8 Å². The van der Waals surface area contributed by atoms with Gasteiger partial charge in [0.05, 0.1) is 6.61 Å². The Balaban J connectivity index is 0.00000169. The molecule has 1 aromatic carbocycles. The van der Waals surface area contributed by atoms with E-state index in [1.807, 2.05) is 0 Å². The topological polar surface area (TPSA) is 72.5 Å². The summed E-state index contributed by atoms with van der Waals surface area (Å²) in [7, 11) is 0. The number of hydrogen-bond donors (Lipinski definition) is 2. The Labute approximate surface area is 88.1 Å². The average molecular weight is 218 g/mol. The van der Waals surface area contributed by atoms with E-state index in [4.69, 9.17) is 10.5 Å². The van der Waals surface area contributed by atoms with Crippen molar-refractivity contribution >= 4 is 24.1 Å². The van der Waals surface area contributed by atoms with Crippen LogP contribution in [0.4, 0.5) is 5.69 Å². The number of esters is 1. The molecule has 0 aromatic heterocycles. The van der Waals surface area contributed by atoms with Crippen LogP contribution in [0, 0.1) is 0 Å². The van der Waals surface area contributed by atoms with Crippen LogP contribution in [0.5, 0.6) is 5.75 Å². The average Bonchev–Trinajstić information content (AvgIpc) is 2.04. The lowest BCUT2D eigenvalue weighted by Crippen LogP contribution is -2.04. The van der Waals surface area contributed by atoms with Crippen molar-refractivity contribution in [1.82, 2.24) is 0 Å². The van der Waals surface area contributed by atoms with Gasteiger partial charge in [0.25, 0.3) is 0 Å². The summed E-state index contributed by atoms with van der Waals surface area (Å²) < 4.78 is 4.71. The van der Waals surface area contributed by atoms with E-state index < -0.39 is 5.97 Å². The Bertz CT molecular complexity index is 328. The van der Waals surface area contributed by atoms with Crippen molar-refractivity contribution in [3.63, 3.8) is 0 Å². The maximum absolute atomic E-state index is 11.2. The molecule has 0 atom stereocenters. The number of benzene rings is 1. The maximum Gasteiger partial charge on any atom is 0.341 e. The predicted octanol–water partition coefficient (Wildman–Crippen LogP) is 1.57. The number of hydrogen-bond acceptors (Lipinski definition) is 4. The van der Waals surface area contributed by atoms with Crippen molar-refractivity contribution in [1.29, 1.82) is 0 Å². The fourth-order valence-electron chi connectivity index (χ4n) is 0.930. The van der Waals surface area contributed by atoms with E-state index in [1.54, 1.807) is 6.92 Å². The number of rotatable bonds is 2. The van der Waals surface area contributed by atoms with E-state index in [0.717, 1.165) is 0 Å². The zero-order valence-corrected chi connectivity index (χ0v) is 8.50. The molecule has 5 heteroatoms. The second kappa shape index (κ2) is 5.34. The van der Waals surface area contributed by atoms with Crippen molar-refractivity contribution in [2.75, 3.05) is 12.3 Å². The first kappa shape index (κ1) is 12.6. The quantitative estimate of drug-likeness (QED) is 0.583. The highest BCUT2D eigenvalue weighted by Crippen LogP contribution is 2.20. The molecular formula is C9H12ClNO3. The normalized spacial score (nSPS) is 8.93. The molecule has 0 radical (unpaired) electrons. The van der Waals surface area contributed by atoms with Crippen molar-refractivity contribution in [3.8, 4) is 5.75 Å². The molecule has 0 bridgehead atoms. The van der Waals surface area contributed by atoms with Gasteiger partial charge in [-0.25, -0.2) is 4.79 Å². The van der Waals surface area contributed by atoms with Crippen LogP contribution in [0.1, 0.15) is 17.3 Å². The van der Waals surface area contributed by atoms with Crippen LogP contribution in [-0.2, 0) is 4.74 Å². The summed E-state index contributed by atoms with van der Waals surface area (Å²) in [5.74, 6) is -0.696. The molecule has 0 heterocycles. The third-order valence-electron chi connectivity index (χ3n) is 1.52. The van der Waals surface area contributed by atoms with Crippen LogP contribution in [-0.4, -0.2) is 17.7 Å². The van der Waals surface area contributed by atoms with E-state index in [-0.39, 0.29) is 30.3 Å². The fourth-order valence-corrected chi connectivity index (χ4v) is 0.930. The second-order valence-corrected chi connectivity index (χ2v) is 2.50. The maximum atomic E-state index is 11.2. The van der Waals surface area contributed by atoms with Gasteiger partial charge in [0, 0.05) is 11.8 Å². The molecule has 0 fully saturated rings. The molecule has 0 amide bonds. The van der Waals surface area contributed by atoms with Crippen LogP contribution in [0.3, 0.4) is 0 Å². The Morgan fingerprint density at radius 3 is 2.71 bits per heavy atom. The van der Waals surface area contributed by atoms with E-state index in [1.165, 1.54) is 18.2 Å². The molecule has 4 nitrogen and oxygen atoms in total. The lowest BCUT2D eigenvalue weighted by Gasteiger charge is -2.04. The van der Waals surface area contributed by atoms with Crippen LogP contribution < -0.4 is 5.73 Å². The van der Waals surface area contributed by atoms with Crippen LogP contribution in [0.2, 0.25) is 0 Å². The van der Waals surface area contributed by atoms with Gasteiger partial charge in [0.1, 0.15) is 11.3 Å². The summed E-state index contributed by atoms with van der Waals surface area (Å²) in [6.07, 6.45) is 0. The molecule has 0 unspecified atom stereocenters. The summed E-state index contributed by atoms with van der Waals surface area (Å²) in [5.41, 5.74) is 5.93. The summed E-state index contributed by atoms with van der Waals surface area (Å²) in [6, 6.07) is 4.28. The number of nitrogens with two attached hydrogens (primary N) is 1. The van der Waals surface area contributed by atoms with Crippen molar-refractivity contribution < 1.29 is 14.6 Å². The second-order valence-electron chi connectivity index (χ2n) is 2.50. The third kappa shape index (κ3) is 2.81. The van der Waals surface area contributed by atoms with Gasteiger partial charge in [0.15, 0.2) is 0 Å². The highest BCUT2D eigenvalue weighted by molar-refractivity contribution is 5.92. The zero-order chi connectivity index (χ0) is 9.84. The van der Waals surface area contributed by atoms with Gasteiger partial charge >= 0.3 is 5.97 Å². The minimum Gasteiger partial charge on any atom is -0.507 e. The molecule has 0 saturated carbocycles. The van der Waals surface area contributed by atoms with Gasteiger partial charge in [-0.15, -0.1) is 12.4 Å². The highest BCUT2D eigenvalue weighted by Gasteiger charge is 2.11. The molecular weight excluding hydrogens is 206 g/mol. The Hall–Kier alpha value is -1.42. The Morgan fingerprint density at radius 2 is 2.21 bits per heavy atom. The molecule has 1 rings (SSSR count). The minimum absolute atomic E-state index is 0. The van der Waals surface area contributed by atoms with Gasteiger partial charge in [-0.1, -0.05) is 0 Å². The number of halogens is 1. The molecule has 0 saturated heterocycles. The van der Waals surface area contributed by atoms with E-state index in [2.05, 4.69) is 0 Å². The number of carbonyl (C=O) groups excluding carboxylic acids is 1. The Morgan fingerprint density at radius 1 is 1.57 bits per heavy atom. The number of aromatic hydroxyl groups is 1. The Kier molecular flexibility index (Phi) is 4.80. The first-order chi connectivity index (χ1) is 6.15. The van der Waals surface area contributed by atoms with Crippen LogP contribution >= 0.6 is 12.4 Å². The minimum atomic E-state index is -0.542. The summed E-state index contributed by atoms with van der Waals surface area (Å²) in [4.78, 5) is 11.2.